The van der Waals surface area contributed by atoms with Crippen LogP contribution in [0.5, 0.6) is 0 Å². The van der Waals surface area contributed by atoms with Crippen LogP contribution in [0.1, 0.15) is 45.4 Å². The minimum Gasteiger partial charge on any atom is -0.463 e. The maximum absolute atomic E-state index is 11.3. The molecule has 2 atom stereocenters. The maximum Gasteiger partial charge on any atom is 0.305 e. The van der Waals surface area contributed by atoms with E-state index in [-0.39, 0.29) is 24.8 Å². The Bertz CT molecular complexity index is 205. The number of hydrogen-bond donors (Lipinski definition) is 1. The van der Waals surface area contributed by atoms with Crippen LogP contribution in [-0.4, -0.2) is 36.5 Å². The second-order valence-corrected chi connectivity index (χ2v) is 4.28. The number of carbonyl (C=O) groups is 1. The van der Waals surface area contributed by atoms with Crippen LogP contribution >= 0.6 is 0 Å². The molecule has 0 saturated carbocycles. The Hall–Kier alpha value is -0.610. The van der Waals surface area contributed by atoms with Crippen LogP contribution in [-0.2, 0) is 14.3 Å². The monoisotopic (exact) mass is 230 g/mol. The third kappa shape index (κ3) is 4.94. The number of aliphatic hydroxyl groups is 1. The quantitative estimate of drug-likeness (QED) is 0.533. The summed E-state index contributed by atoms with van der Waals surface area (Å²) in [6, 6.07) is 0. The first kappa shape index (κ1) is 13.5. The largest absolute Gasteiger partial charge is 0.463 e. The minimum atomic E-state index is -0.135. The Morgan fingerprint density at radius 1 is 1.38 bits per heavy atom. The van der Waals surface area contributed by atoms with Gasteiger partial charge in [0.15, 0.2) is 0 Å². The van der Waals surface area contributed by atoms with E-state index in [1.807, 2.05) is 0 Å². The van der Waals surface area contributed by atoms with Gasteiger partial charge in [-0.05, 0) is 19.3 Å². The molecule has 4 heteroatoms. The van der Waals surface area contributed by atoms with Gasteiger partial charge in [0.1, 0.15) is 6.61 Å². The number of ether oxygens (including phenoxy) is 2. The number of hydrogen-bond acceptors (Lipinski definition) is 4. The lowest BCUT2D eigenvalue weighted by molar-refractivity contribution is -0.148. The molecule has 1 heterocycles. The van der Waals surface area contributed by atoms with Crippen molar-refractivity contribution < 1.29 is 19.4 Å². The Balaban J connectivity index is 2.04. The molecule has 0 spiro atoms. The average molecular weight is 230 g/mol. The number of unbranched alkanes of at least 4 members (excludes halogenated alkanes) is 2. The van der Waals surface area contributed by atoms with Gasteiger partial charge in [-0.1, -0.05) is 19.8 Å². The van der Waals surface area contributed by atoms with Crippen molar-refractivity contribution in [2.75, 3.05) is 13.2 Å². The lowest BCUT2D eigenvalue weighted by Gasteiger charge is -2.12. The molecule has 1 aliphatic heterocycles. The summed E-state index contributed by atoms with van der Waals surface area (Å²) < 4.78 is 10.6. The third-order valence-electron chi connectivity index (χ3n) is 2.81. The molecule has 0 aromatic heterocycles. The van der Waals surface area contributed by atoms with Crippen molar-refractivity contribution in [1.29, 1.82) is 0 Å². The molecule has 1 fully saturated rings. The van der Waals surface area contributed by atoms with Gasteiger partial charge in [-0.15, -0.1) is 0 Å². The van der Waals surface area contributed by atoms with E-state index >= 15 is 0 Å². The number of carbonyl (C=O) groups excluding carboxylic acids is 1. The summed E-state index contributed by atoms with van der Waals surface area (Å²) in [6.07, 6.45) is 5.22. The predicted molar refractivity (Wildman–Crippen MR) is 60.1 cm³/mol. The van der Waals surface area contributed by atoms with Gasteiger partial charge in [0, 0.05) is 6.42 Å². The second-order valence-electron chi connectivity index (χ2n) is 4.28. The maximum atomic E-state index is 11.3. The van der Waals surface area contributed by atoms with Gasteiger partial charge >= 0.3 is 5.97 Å². The number of aliphatic hydroxyl groups excluding tert-OH is 1. The zero-order valence-corrected chi connectivity index (χ0v) is 9.98. The van der Waals surface area contributed by atoms with E-state index in [4.69, 9.17) is 14.6 Å². The van der Waals surface area contributed by atoms with Crippen molar-refractivity contribution in [3.63, 3.8) is 0 Å². The first-order valence-corrected chi connectivity index (χ1v) is 6.18. The molecule has 16 heavy (non-hydrogen) atoms. The molecule has 0 bridgehead atoms. The average Bonchev–Trinajstić information content (AvgIpc) is 2.74. The highest BCUT2D eigenvalue weighted by Gasteiger charge is 2.25. The molecule has 1 saturated heterocycles. The van der Waals surface area contributed by atoms with Gasteiger partial charge in [-0.2, -0.15) is 0 Å². The summed E-state index contributed by atoms with van der Waals surface area (Å²) in [5.74, 6) is -0.135. The van der Waals surface area contributed by atoms with Crippen LogP contribution in [0.4, 0.5) is 0 Å². The van der Waals surface area contributed by atoms with Gasteiger partial charge < -0.3 is 14.6 Å². The number of rotatable bonds is 7. The fourth-order valence-corrected chi connectivity index (χ4v) is 1.81. The van der Waals surface area contributed by atoms with Crippen molar-refractivity contribution in [3.8, 4) is 0 Å². The highest BCUT2D eigenvalue weighted by atomic mass is 16.6. The van der Waals surface area contributed by atoms with Crippen molar-refractivity contribution in [3.05, 3.63) is 0 Å². The molecule has 1 N–H and O–H groups in total. The van der Waals surface area contributed by atoms with Crippen LogP contribution in [0.3, 0.4) is 0 Å². The summed E-state index contributed by atoms with van der Waals surface area (Å²) in [4.78, 5) is 11.3. The molecule has 1 aliphatic rings. The van der Waals surface area contributed by atoms with Crippen molar-refractivity contribution in [2.24, 2.45) is 0 Å². The van der Waals surface area contributed by atoms with Crippen LogP contribution in [0.2, 0.25) is 0 Å². The minimum absolute atomic E-state index is 0.0210. The van der Waals surface area contributed by atoms with Crippen LogP contribution in [0, 0.1) is 0 Å². The summed E-state index contributed by atoms with van der Waals surface area (Å²) in [7, 11) is 0. The van der Waals surface area contributed by atoms with Gasteiger partial charge in [0.25, 0.3) is 0 Å². The third-order valence-corrected chi connectivity index (χ3v) is 2.81. The molecular formula is C12H22O4. The highest BCUT2D eigenvalue weighted by Crippen LogP contribution is 2.19. The predicted octanol–water partition coefficient (Wildman–Crippen LogP) is 1.65. The van der Waals surface area contributed by atoms with E-state index in [0.717, 1.165) is 32.1 Å². The van der Waals surface area contributed by atoms with E-state index in [0.29, 0.717) is 13.0 Å². The molecule has 0 amide bonds. The van der Waals surface area contributed by atoms with Crippen LogP contribution in [0.25, 0.3) is 0 Å². The van der Waals surface area contributed by atoms with Crippen LogP contribution in [0.15, 0.2) is 0 Å². The lowest BCUT2D eigenvalue weighted by Crippen LogP contribution is -2.20. The first-order valence-electron chi connectivity index (χ1n) is 6.18. The second kappa shape index (κ2) is 7.63. The van der Waals surface area contributed by atoms with E-state index in [9.17, 15) is 4.79 Å². The van der Waals surface area contributed by atoms with E-state index in [1.165, 1.54) is 0 Å². The standard InChI is InChI=1S/C12H22O4/c1-2-3-4-5-12(14)15-9-11-7-6-10(8-13)16-11/h10-11,13H,2-9H2,1H3. The Labute approximate surface area is 96.9 Å². The number of esters is 1. The fourth-order valence-electron chi connectivity index (χ4n) is 1.81. The molecule has 0 aromatic rings. The Morgan fingerprint density at radius 2 is 2.12 bits per heavy atom. The van der Waals surface area contributed by atoms with Crippen molar-refractivity contribution >= 4 is 5.97 Å². The van der Waals surface area contributed by atoms with Gasteiger partial charge in [-0.3, -0.25) is 4.79 Å². The Morgan fingerprint density at radius 3 is 2.75 bits per heavy atom. The summed E-state index contributed by atoms with van der Waals surface area (Å²) in [6.45, 7) is 2.50. The molecule has 0 aromatic carbocycles. The zero-order valence-electron chi connectivity index (χ0n) is 9.98. The smallest absolute Gasteiger partial charge is 0.305 e. The van der Waals surface area contributed by atoms with Crippen molar-refractivity contribution in [2.45, 2.75) is 57.7 Å². The summed E-state index contributed by atoms with van der Waals surface area (Å²) in [5, 5.41) is 8.87. The SMILES string of the molecule is CCCCCC(=O)OCC1CCC(CO)O1. The lowest BCUT2D eigenvalue weighted by atomic mass is 10.2. The highest BCUT2D eigenvalue weighted by molar-refractivity contribution is 5.69. The molecular weight excluding hydrogens is 208 g/mol. The topological polar surface area (TPSA) is 55.8 Å². The molecule has 1 rings (SSSR count). The summed E-state index contributed by atoms with van der Waals surface area (Å²) >= 11 is 0. The molecule has 0 aliphatic carbocycles. The van der Waals surface area contributed by atoms with Gasteiger partial charge in [0.05, 0.1) is 18.8 Å². The fraction of sp³-hybridized carbons (Fsp3) is 0.917. The van der Waals surface area contributed by atoms with E-state index < -0.39 is 0 Å². The molecule has 0 radical (unpaired) electrons. The zero-order chi connectivity index (χ0) is 11.8. The van der Waals surface area contributed by atoms with E-state index in [1.54, 1.807) is 0 Å². The normalized spacial score (nSPS) is 24.6. The van der Waals surface area contributed by atoms with Crippen LogP contribution < -0.4 is 0 Å². The molecule has 4 nitrogen and oxygen atoms in total. The molecule has 94 valence electrons. The van der Waals surface area contributed by atoms with E-state index in [2.05, 4.69) is 6.92 Å². The van der Waals surface area contributed by atoms with Crippen molar-refractivity contribution in [1.82, 2.24) is 0 Å². The molecule has 2 unspecified atom stereocenters. The van der Waals surface area contributed by atoms with Gasteiger partial charge in [-0.25, -0.2) is 0 Å². The summed E-state index contributed by atoms with van der Waals surface area (Å²) in [5.41, 5.74) is 0. The first-order chi connectivity index (χ1) is 7.76. The van der Waals surface area contributed by atoms with Gasteiger partial charge in [0.2, 0.25) is 0 Å². The Kier molecular flexibility index (Phi) is 6.42.